The van der Waals surface area contributed by atoms with Gasteiger partial charge >= 0.3 is 0 Å². The highest BCUT2D eigenvalue weighted by Gasteiger charge is 2.48. The van der Waals surface area contributed by atoms with Crippen molar-refractivity contribution in [2.24, 2.45) is 11.7 Å². The number of benzene rings is 1. The summed E-state index contributed by atoms with van der Waals surface area (Å²) in [7, 11) is 0. The molecule has 2 N–H and O–H groups in total. The Morgan fingerprint density at radius 3 is 2.71 bits per heavy atom. The molecule has 0 radical (unpaired) electrons. The summed E-state index contributed by atoms with van der Waals surface area (Å²) in [6.45, 7) is 8.28. The van der Waals surface area contributed by atoms with Crippen LogP contribution in [0.4, 0.5) is 4.39 Å². The van der Waals surface area contributed by atoms with Crippen LogP contribution in [0.15, 0.2) is 18.2 Å². The van der Waals surface area contributed by atoms with Gasteiger partial charge in [0.05, 0.1) is 6.61 Å². The van der Waals surface area contributed by atoms with Gasteiger partial charge in [-0.2, -0.15) is 0 Å². The van der Waals surface area contributed by atoms with E-state index in [2.05, 4.69) is 9.80 Å². The molecule has 3 heterocycles. The molecule has 4 rings (SSSR count). The van der Waals surface area contributed by atoms with Gasteiger partial charge < -0.3 is 15.4 Å². The fraction of sp³-hybridized carbons (Fsp3) is 0.682. The molecule has 1 aromatic carbocycles. The van der Waals surface area contributed by atoms with Crippen molar-refractivity contribution in [3.63, 3.8) is 0 Å². The maximum Gasteiger partial charge on any atom is 0.225 e. The topological polar surface area (TPSA) is 58.8 Å². The number of fused-ring (bicyclic) bond motifs is 1. The van der Waals surface area contributed by atoms with Crippen LogP contribution < -0.4 is 5.73 Å². The fourth-order valence-corrected chi connectivity index (χ4v) is 5.36. The van der Waals surface area contributed by atoms with Gasteiger partial charge in [0.15, 0.2) is 0 Å². The summed E-state index contributed by atoms with van der Waals surface area (Å²) in [5.41, 5.74) is 8.04. The Morgan fingerprint density at radius 1 is 1.25 bits per heavy atom. The minimum atomic E-state index is -0.392. The van der Waals surface area contributed by atoms with E-state index in [1.807, 2.05) is 26.8 Å². The van der Waals surface area contributed by atoms with Crippen LogP contribution in [0.2, 0.25) is 0 Å². The van der Waals surface area contributed by atoms with Crippen LogP contribution in [0.5, 0.6) is 0 Å². The van der Waals surface area contributed by atoms with Gasteiger partial charge in [0.25, 0.3) is 0 Å². The maximum atomic E-state index is 14.3. The molecule has 3 fully saturated rings. The van der Waals surface area contributed by atoms with Crippen molar-refractivity contribution < 1.29 is 13.9 Å². The Bertz CT molecular complexity index is 740. The van der Waals surface area contributed by atoms with E-state index in [9.17, 15) is 9.18 Å². The van der Waals surface area contributed by atoms with Gasteiger partial charge in [-0.1, -0.05) is 31.5 Å². The molecule has 1 amide bonds. The largest absolute Gasteiger partial charge is 0.370 e. The Balaban J connectivity index is 1.43. The third-order valence-electron chi connectivity index (χ3n) is 6.72. The number of ether oxygens (including phenoxy) is 1. The van der Waals surface area contributed by atoms with Crippen LogP contribution in [0.3, 0.4) is 0 Å². The summed E-state index contributed by atoms with van der Waals surface area (Å²) in [6, 6.07) is 5.83. The second kappa shape index (κ2) is 7.73. The van der Waals surface area contributed by atoms with Gasteiger partial charge in [0.1, 0.15) is 11.9 Å². The number of rotatable bonds is 3. The third-order valence-corrected chi connectivity index (χ3v) is 6.72. The van der Waals surface area contributed by atoms with E-state index in [1.165, 1.54) is 6.07 Å². The molecule has 0 saturated carbocycles. The van der Waals surface area contributed by atoms with Gasteiger partial charge in [-0.3, -0.25) is 9.69 Å². The molecule has 0 bridgehead atoms. The number of halogens is 1. The number of nitrogens with two attached hydrogens (primary N) is 1. The van der Waals surface area contributed by atoms with Gasteiger partial charge in [-0.05, 0) is 32.3 Å². The van der Waals surface area contributed by atoms with E-state index < -0.39 is 6.10 Å². The molecule has 5 atom stereocenters. The number of aryl methyl sites for hydroxylation is 1. The van der Waals surface area contributed by atoms with E-state index in [-0.39, 0.29) is 29.7 Å². The van der Waals surface area contributed by atoms with Crippen molar-refractivity contribution in [3.8, 4) is 0 Å². The number of likely N-dealkylation sites (tertiary alicyclic amines) is 2. The molecule has 1 aromatic rings. The standard InChI is InChI=1S/C22H32FN3O2/c1-13(2)22(27)26-9-7-19-20(26)6-8-25(19)15-11-18(24)21(28-12-15)16-10-14(3)4-5-17(16)23/h4-5,10,13,15,18-21H,6-9,11-12,24H2,1-3H3/t15-,18+,19?,20?,21-/m1/s1. The van der Waals surface area contributed by atoms with Crippen molar-refractivity contribution >= 4 is 5.91 Å². The number of hydrogen-bond donors (Lipinski definition) is 1. The first-order valence-corrected chi connectivity index (χ1v) is 10.6. The monoisotopic (exact) mass is 389 g/mol. The lowest BCUT2D eigenvalue weighted by molar-refractivity contribution is -0.135. The molecular weight excluding hydrogens is 357 g/mol. The summed E-state index contributed by atoms with van der Waals surface area (Å²) in [4.78, 5) is 17.1. The van der Waals surface area contributed by atoms with Crippen LogP contribution in [0, 0.1) is 18.7 Å². The number of hydrogen-bond acceptors (Lipinski definition) is 4. The molecular formula is C22H32FN3O2. The van der Waals surface area contributed by atoms with Crippen molar-refractivity contribution in [1.29, 1.82) is 0 Å². The minimum absolute atomic E-state index is 0.0456. The highest BCUT2D eigenvalue weighted by Crippen LogP contribution is 2.38. The summed E-state index contributed by atoms with van der Waals surface area (Å²) in [5.74, 6) is 0.0644. The zero-order valence-electron chi connectivity index (χ0n) is 17.1. The lowest BCUT2D eigenvalue weighted by atomic mass is 9.92. The molecule has 3 aliphatic rings. The second-order valence-corrected chi connectivity index (χ2v) is 8.97. The molecule has 0 aromatic heterocycles. The SMILES string of the molecule is Cc1ccc(F)c([C@H]2OC[C@H](N3CCC4C3CCN4C(=O)C(C)C)C[C@@H]2N)c1. The van der Waals surface area contributed by atoms with Gasteiger partial charge in [0, 0.05) is 48.7 Å². The number of carbonyl (C=O) groups is 1. The van der Waals surface area contributed by atoms with Crippen LogP contribution in [0.1, 0.15) is 50.3 Å². The van der Waals surface area contributed by atoms with E-state index in [1.54, 1.807) is 6.07 Å². The molecule has 0 aliphatic carbocycles. The first kappa shape index (κ1) is 19.8. The molecule has 154 valence electrons. The quantitative estimate of drug-likeness (QED) is 0.863. The first-order valence-electron chi connectivity index (χ1n) is 10.6. The number of amides is 1. The smallest absolute Gasteiger partial charge is 0.225 e. The molecule has 3 saturated heterocycles. The predicted octanol–water partition coefficient (Wildman–Crippen LogP) is 2.62. The van der Waals surface area contributed by atoms with Gasteiger partial charge in [0.2, 0.25) is 5.91 Å². The fourth-order valence-electron chi connectivity index (χ4n) is 5.36. The number of carbonyl (C=O) groups excluding carboxylic acids is 1. The van der Waals surface area contributed by atoms with Gasteiger partial charge in [-0.25, -0.2) is 4.39 Å². The average molecular weight is 390 g/mol. The Kier molecular flexibility index (Phi) is 5.47. The molecule has 5 nitrogen and oxygen atoms in total. The summed E-state index contributed by atoms with van der Waals surface area (Å²) in [6.07, 6.45) is 2.44. The molecule has 3 aliphatic heterocycles. The normalized spacial score (nSPS) is 33.5. The number of nitrogens with zero attached hydrogens (tertiary/aromatic N) is 2. The van der Waals surface area contributed by atoms with Crippen LogP contribution in [-0.2, 0) is 9.53 Å². The summed E-state index contributed by atoms with van der Waals surface area (Å²) < 4.78 is 20.4. The maximum absolute atomic E-state index is 14.3. The first-order chi connectivity index (χ1) is 13.4. The van der Waals surface area contributed by atoms with Crippen molar-refractivity contribution in [2.45, 2.75) is 70.3 Å². The lowest BCUT2D eigenvalue weighted by Crippen LogP contribution is -2.51. The van der Waals surface area contributed by atoms with Crippen molar-refractivity contribution in [2.75, 3.05) is 19.7 Å². The van der Waals surface area contributed by atoms with Crippen LogP contribution in [0.25, 0.3) is 0 Å². The van der Waals surface area contributed by atoms with Gasteiger partial charge in [-0.15, -0.1) is 0 Å². The minimum Gasteiger partial charge on any atom is -0.370 e. The third kappa shape index (κ3) is 3.46. The van der Waals surface area contributed by atoms with Crippen molar-refractivity contribution in [1.82, 2.24) is 9.80 Å². The predicted molar refractivity (Wildman–Crippen MR) is 106 cm³/mol. The Hall–Kier alpha value is -1.50. The molecule has 2 unspecified atom stereocenters. The molecule has 28 heavy (non-hydrogen) atoms. The second-order valence-electron chi connectivity index (χ2n) is 8.97. The highest BCUT2D eigenvalue weighted by molar-refractivity contribution is 5.79. The van der Waals surface area contributed by atoms with Crippen LogP contribution in [-0.4, -0.2) is 59.6 Å². The van der Waals surface area contributed by atoms with E-state index >= 15 is 0 Å². The van der Waals surface area contributed by atoms with Crippen molar-refractivity contribution in [3.05, 3.63) is 35.1 Å². The van der Waals surface area contributed by atoms with E-state index in [4.69, 9.17) is 10.5 Å². The highest BCUT2D eigenvalue weighted by atomic mass is 19.1. The molecule has 6 heteroatoms. The van der Waals surface area contributed by atoms with E-state index in [0.29, 0.717) is 24.3 Å². The Morgan fingerprint density at radius 2 is 2.00 bits per heavy atom. The summed E-state index contributed by atoms with van der Waals surface area (Å²) in [5, 5.41) is 0. The average Bonchev–Trinajstić information content (AvgIpc) is 3.25. The summed E-state index contributed by atoms with van der Waals surface area (Å²) >= 11 is 0. The zero-order valence-corrected chi connectivity index (χ0v) is 17.1. The lowest BCUT2D eigenvalue weighted by Gasteiger charge is -2.40. The molecule has 0 spiro atoms. The van der Waals surface area contributed by atoms with Crippen LogP contribution >= 0.6 is 0 Å². The Labute approximate surface area is 167 Å². The zero-order chi connectivity index (χ0) is 20.0. The van der Waals surface area contributed by atoms with E-state index in [0.717, 1.165) is 37.9 Å².